The molecule has 1 aromatic carbocycles. The van der Waals surface area contributed by atoms with Crippen molar-refractivity contribution in [2.45, 2.75) is 43.5 Å². The molecule has 0 amide bonds. The van der Waals surface area contributed by atoms with E-state index < -0.39 is 0 Å². The number of benzene rings is 1. The fourth-order valence-electron chi connectivity index (χ4n) is 2.46. The molecule has 2 heteroatoms. The quantitative estimate of drug-likeness (QED) is 0.815. The molecular weight excluding hydrogens is 262 g/mol. The van der Waals surface area contributed by atoms with Crippen molar-refractivity contribution in [3.8, 4) is 0 Å². The van der Waals surface area contributed by atoms with Crippen LogP contribution in [0.25, 0.3) is 0 Å². The number of fused-ring (bicyclic) bond motifs is 1. The number of hydrogen-bond donors (Lipinski definition) is 1. The van der Waals surface area contributed by atoms with Crippen molar-refractivity contribution < 1.29 is 0 Å². The van der Waals surface area contributed by atoms with Gasteiger partial charge in [-0.15, -0.1) is 0 Å². The van der Waals surface area contributed by atoms with E-state index in [1.807, 2.05) is 0 Å². The average Bonchev–Trinajstić information content (AvgIpc) is 2.18. The van der Waals surface area contributed by atoms with E-state index >= 15 is 0 Å². The first kappa shape index (κ1) is 12.1. The van der Waals surface area contributed by atoms with Crippen LogP contribution < -0.4 is 5.32 Å². The van der Waals surface area contributed by atoms with Gasteiger partial charge in [0, 0.05) is 23.3 Å². The zero-order valence-corrected chi connectivity index (χ0v) is 11.6. The first-order chi connectivity index (χ1) is 7.66. The molecule has 0 saturated carbocycles. The lowest BCUT2D eigenvalue weighted by molar-refractivity contribution is 0.462. The van der Waals surface area contributed by atoms with Crippen molar-refractivity contribution in [2.75, 3.05) is 6.54 Å². The molecule has 0 spiro atoms. The van der Waals surface area contributed by atoms with Gasteiger partial charge in [0.05, 0.1) is 0 Å². The highest BCUT2D eigenvalue weighted by Crippen LogP contribution is 2.34. The molecule has 1 N–H and O–H groups in total. The van der Waals surface area contributed by atoms with E-state index in [2.05, 4.69) is 59.4 Å². The van der Waals surface area contributed by atoms with E-state index in [1.54, 1.807) is 5.56 Å². The van der Waals surface area contributed by atoms with E-state index in [0.29, 0.717) is 10.9 Å². The van der Waals surface area contributed by atoms with Crippen LogP contribution in [0.4, 0.5) is 0 Å². The Labute approximate surface area is 107 Å². The third kappa shape index (κ3) is 2.86. The van der Waals surface area contributed by atoms with Crippen molar-refractivity contribution in [1.29, 1.82) is 0 Å². The number of rotatable bonds is 5. The first-order valence-electron chi connectivity index (χ1n) is 6.12. The molecule has 3 atom stereocenters. The van der Waals surface area contributed by atoms with Crippen molar-refractivity contribution in [1.82, 2.24) is 5.32 Å². The largest absolute Gasteiger partial charge is 0.314 e. The molecule has 1 nitrogen and oxygen atoms in total. The molecular formula is C14H20BrN. The molecule has 2 rings (SSSR count). The third-order valence-corrected chi connectivity index (χ3v) is 3.73. The second-order valence-corrected chi connectivity index (χ2v) is 6.49. The van der Waals surface area contributed by atoms with Crippen LogP contribution in [0, 0.1) is 0 Å². The lowest BCUT2D eigenvalue weighted by Crippen LogP contribution is -2.35. The summed E-state index contributed by atoms with van der Waals surface area (Å²) in [7, 11) is 0. The number of alkyl halides is 1. The minimum atomic E-state index is 0.599. The minimum absolute atomic E-state index is 0.599. The Hall–Kier alpha value is -0.340. The van der Waals surface area contributed by atoms with Crippen LogP contribution in [-0.2, 0) is 6.42 Å². The standard InChI is InChI=1S/C14H20BrN/c1-10(15)7-11(2)16-9-13-8-12-5-3-4-6-14(12)13/h3-6,10-11,13,16H,7-9H2,1-2H3. The Kier molecular flexibility index (Phi) is 4.04. The van der Waals surface area contributed by atoms with Crippen molar-refractivity contribution in [2.24, 2.45) is 0 Å². The molecule has 1 aliphatic carbocycles. The maximum Gasteiger partial charge on any atom is 0.0132 e. The van der Waals surface area contributed by atoms with Crippen LogP contribution in [0.5, 0.6) is 0 Å². The summed E-state index contributed by atoms with van der Waals surface area (Å²) in [6.07, 6.45) is 2.44. The highest BCUT2D eigenvalue weighted by Gasteiger charge is 2.25. The lowest BCUT2D eigenvalue weighted by Gasteiger charge is -2.31. The zero-order chi connectivity index (χ0) is 11.5. The summed E-state index contributed by atoms with van der Waals surface area (Å²) in [4.78, 5) is 0.601. The summed E-state index contributed by atoms with van der Waals surface area (Å²) in [5.41, 5.74) is 3.09. The third-order valence-electron chi connectivity index (χ3n) is 3.35. The smallest absolute Gasteiger partial charge is 0.0132 e. The Balaban J connectivity index is 1.77. The van der Waals surface area contributed by atoms with Gasteiger partial charge < -0.3 is 5.32 Å². The van der Waals surface area contributed by atoms with Gasteiger partial charge in [-0.2, -0.15) is 0 Å². The van der Waals surface area contributed by atoms with Gasteiger partial charge in [-0.1, -0.05) is 47.1 Å². The topological polar surface area (TPSA) is 12.0 Å². The number of nitrogens with one attached hydrogen (secondary N) is 1. The molecule has 0 aliphatic heterocycles. The molecule has 16 heavy (non-hydrogen) atoms. The average molecular weight is 282 g/mol. The summed E-state index contributed by atoms with van der Waals surface area (Å²) < 4.78 is 0. The van der Waals surface area contributed by atoms with Gasteiger partial charge in [0.2, 0.25) is 0 Å². The van der Waals surface area contributed by atoms with Gasteiger partial charge >= 0.3 is 0 Å². The Bertz CT molecular complexity index is 348. The normalized spacial score (nSPS) is 22.1. The van der Waals surface area contributed by atoms with E-state index in [0.717, 1.165) is 12.5 Å². The maximum atomic E-state index is 3.63. The Morgan fingerprint density at radius 3 is 2.81 bits per heavy atom. The second kappa shape index (κ2) is 5.33. The van der Waals surface area contributed by atoms with E-state index in [4.69, 9.17) is 0 Å². The van der Waals surface area contributed by atoms with Gasteiger partial charge in [-0.3, -0.25) is 0 Å². The summed E-state index contributed by atoms with van der Waals surface area (Å²) in [6.45, 7) is 5.59. The zero-order valence-electron chi connectivity index (χ0n) is 10.0. The molecule has 0 saturated heterocycles. The molecule has 88 valence electrons. The van der Waals surface area contributed by atoms with E-state index in [1.165, 1.54) is 18.4 Å². The molecule has 0 heterocycles. The molecule has 0 aromatic heterocycles. The SMILES string of the molecule is CC(Br)CC(C)NCC1Cc2ccccc21. The summed E-state index contributed by atoms with van der Waals surface area (Å²) in [5.74, 6) is 0.740. The fourth-order valence-corrected chi connectivity index (χ4v) is 3.02. The van der Waals surface area contributed by atoms with Gasteiger partial charge in [0.25, 0.3) is 0 Å². The van der Waals surface area contributed by atoms with Crippen molar-refractivity contribution in [3.05, 3.63) is 35.4 Å². The van der Waals surface area contributed by atoms with Crippen LogP contribution in [0.15, 0.2) is 24.3 Å². The number of hydrogen-bond acceptors (Lipinski definition) is 1. The van der Waals surface area contributed by atoms with Crippen molar-refractivity contribution >= 4 is 15.9 Å². The molecule has 3 unspecified atom stereocenters. The molecule has 0 radical (unpaired) electrons. The summed E-state index contributed by atoms with van der Waals surface area (Å²) in [6, 6.07) is 9.40. The predicted molar refractivity (Wildman–Crippen MR) is 73.4 cm³/mol. The van der Waals surface area contributed by atoms with E-state index in [9.17, 15) is 0 Å². The van der Waals surface area contributed by atoms with Crippen LogP contribution in [0.2, 0.25) is 0 Å². The van der Waals surface area contributed by atoms with Crippen LogP contribution in [0.1, 0.15) is 37.3 Å². The minimum Gasteiger partial charge on any atom is -0.314 e. The number of halogens is 1. The monoisotopic (exact) mass is 281 g/mol. The fraction of sp³-hybridized carbons (Fsp3) is 0.571. The van der Waals surface area contributed by atoms with Crippen LogP contribution in [0.3, 0.4) is 0 Å². The Morgan fingerprint density at radius 2 is 2.12 bits per heavy atom. The summed E-state index contributed by atoms with van der Waals surface area (Å²) >= 11 is 3.60. The molecule has 1 aromatic rings. The molecule has 1 aliphatic rings. The maximum absolute atomic E-state index is 3.63. The highest BCUT2D eigenvalue weighted by atomic mass is 79.9. The highest BCUT2D eigenvalue weighted by molar-refractivity contribution is 9.09. The Morgan fingerprint density at radius 1 is 1.38 bits per heavy atom. The lowest BCUT2D eigenvalue weighted by atomic mass is 9.77. The van der Waals surface area contributed by atoms with Crippen LogP contribution in [-0.4, -0.2) is 17.4 Å². The van der Waals surface area contributed by atoms with Crippen molar-refractivity contribution in [3.63, 3.8) is 0 Å². The second-order valence-electron chi connectivity index (χ2n) is 4.93. The first-order valence-corrected chi connectivity index (χ1v) is 7.03. The van der Waals surface area contributed by atoms with Gasteiger partial charge in [-0.25, -0.2) is 0 Å². The van der Waals surface area contributed by atoms with Crippen LogP contribution >= 0.6 is 15.9 Å². The van der Waals surface area contributed by atoms with E-state index in [-0.39, 0.29) is 0 Å². The molecule has 0 fully saturated rings. The van der Waals surface area contributed by atoms with Gasteiger partial charge in [0.15, 0.2) is 0 Å². The van der Waals surface area contributed by atoms with Gasteiger partial charge in [0.1, 0.15) is 0 Å². The summed E-state index contributed by atoms with van der Waals surface area (Å²) in [5, 5.41) is 3.63. The molecule has 0 bridgehead atoms. The predicted octanol–water partition coefficient (Wildman–Crippen LogP) is 3.48. The van der Waals surface area contributed by atoms with Gasteiger partial charge in [-0.05, 0) is 30.9 Å².